The number of carboxylic acids is 1. The third kappa shape index (κ3) is 5.68. The molecule has 1 fully saturated rings. The van der Waals surface area contributed by atoms with Crippen LogP contribution in [0.3, 0.4) is 0 Å². The van der Waals surface area contributed by atoms with Gasteiger partial charge in [0.25, 0.3) is 0 Å². The van der Waals surface area contributed by atoms with E-state index in [0.29, 0.717) is 74.0 Å². The summed E-state index contributed by atoms with van der Waals surface area (Å²) in [6.45, 7) is 0.289. The zero-order valence-corrected chi connectivity index (χ0v) is 24.5. The minimum atomic E-state index is -1.43. The van der Waals surface area contributed by atoms with Crippen LogP contribution >= 0.6 is 11.6 Å². The molecule has 2 aromatic carbocycles. The number of halogens is 3. The Kier molecular flexibility index (Phi) is 8.15. The predicted molar refractivity (Wildman–Crippen MR) is 160 cm³/mol. The number of hydrogen-bond acceptors (Lipinski definition) is 6. The summed E-state index contributed by atoms with van der Waals surface area (Å²) in [6, 6.07) is 9.50. The minimum absolute atomic E-state index is 0.0707. The summed E-state index contributed by atoms with van der Waals surface area (Å²) in [5, 5.41) is 15.3. The number of nitrogens with one attached hydrogen (secondary N) is 2. The number of carbonyl (C=O) groups is 3. The largest absolute Gasteiger partial charge is 0.480 e. The van der Waals surface area contributed by atoms with Gasteiger partial charge < -0.3 is 20.1 Å². The Bertz CT molecular complexity index is 1640. The SMILES string of the molecule is O=C1Nc2ccc(Cl)c(F)c2[C@@]2(CCCCN(C(=O)[C@H]3CCCCC(C(=O)O)Nc4ccc(F)cc4-c4ccnc3c4)C2)O1. The number of aliphatic carboxylic acids is 1. The van der Waals surface area contributed by atoms with Gasteiger partial charge in [-0.1, -0.05) is 24.4 Å². The zero-order valence-electron chi connectivity index (χ0n) is 23.7. The van der Waals surface area contributed by atoms with E-state index in [1.165, 1.54) is 30.3 Å². The maximum atomic E-state index is 15.5. The normalized spacial score (nSPS) is 23.4. The molecular weight excluding hydrogens is 594 g/mol. The minimum Gasteiger partial charge on any atom is -0.480 e. The molecule has 3 N–H and O–H groups in total. The van der Waals surface area contributed by atoms with Gasteiger partial charge in [-0.25, -0.2) is 18.4 Å². The topological polar surface area (TPSA) is 121 Å². The summed E-state index contributed by atoms with van der Waals surface area (Å²) in [7, 11) is 0. The molecule has 1 spiro atoms. The van der Waals surface area contributed by atoms with Crippen molar-refractivity contribution in [1.82, 2.24) is 9.88 Å². The van der Waals surface area contributed by atoms with Gasteiger partial charge in [-0.3, -0.25) is 15.1 Å². The van der Waals surface area contributed by atoms with Gasteiger partial charge in [0.1, 0.15) is 11.9 Å². The van der Waals surface area contributed by atoms with Crippen LogP contribution in [0.1, 0.15) is 62.1 Å². The summed E-state index contributed by atoms with van der Waals surface area (Å²) in [4.78, 5) is 45.3. The summed E-state index contributed by atoms with van der Waals surface area (Å²) in [5.74, 6) is -3.21. The molecule has 1 aromatic heterocycles. The molecule has 0 saturated carbocycles. The molecule has 3 aliphatic rings. The van der Waals surface area contributed by atoms with Crippen LogP contribution in [0.2, 0.25) is 5.02 Å². The molecule has 3 atom stereocenters. The molecule has 1 unspecified atom stereocenters. The average Bonchev–Trinajstić information content (AvgIpc) is 3.20. The number of pyridine rings is 1. The number of carbonyl (C=O) groups excluding carboxylic acids is 2. The highest BCUT2D eigenvalue weighted by atomic mass is 35.5. The lowest BCUT2D eigenvalue weighted by Crippen LogP contribution is -2.50. The predicted octanol–water partition coefficient (Wildman–Crippen LogP) is 6.67. The second-order valence-electron chi connectivity index (χ2n) is 11.5. The van der Waals surface area contributed by atoms with Crippen molar-refractivity contribution in [3.05, 3.63) is 76.6 Å². The van der Waals surface area contributed by atoms with Gasteiger partial charge in [-0.2, -0.15) is 0 Å². The van der Waals surface area contributed by atoms with Crippen LogP contribution in [0.25, 0.3) is 11.1 Å². The number of carboxylic acid groups (broad SMARTS) is 1. The van der Waals surface area contributed by atoms with Crippen LogP contribution in [-0.4, -0.2) is 52.1 Å². The average molecular weight is 625 g/mol. The summed E-state index contributed by atoms with van der Waals surface area (Å²) in [6.07, 6.45) is 4.01. The molecule has 12 heteroatoms. The molecule has 1 saturated heterocycles. The van der Waals surface area contributed by atoms with Gasteiger partial charge in [0.2, 0.25) is 5.91 Å². The molecule has 9 nitrogen and oxygen atoms in total. The van der Waals surface area contributed by atoms with E-state index >= 15 is 4.39 Å². The molecule has 2 bridgehead atoms. The summed E-state index contributed by atoms with van der Waals surface area (Å²) in [5.41, 5.74) is 0.903. The fourth-order valence-electron chi connectivity index (χ4n) is 6.57. The van der Waals surface area contributed by atoms with Crippen molar-refractivity contribution in [1.29, 1.82) is 0 Å². The number of fused-ring (bicyclic) bond motifs is 6. The standard InChI is InChI=1S/C32H31ClF2N4O5/c33-22-8-10-24-27(28(22)35)32(44-31(43)38-24)12-3-4-14-39(17-32)29(40)20-5-1-2-6-25(30(41)42)37-23-9-7-19(34)16-21(23)18-11-13-36-26(20)15-18/h7-11,13,15-16,20,25,37H,1-6,12,14,17H2,(H,38,43)(H,41,42)/t20-,25?,32-/m0/s1. The van der Waals surface area contributed by atoms with Gasteiger partial charge in [0, 0.05) is 24.0 Å². The Hall–Kier alpha value is -4.25. The lowest BCUT2D eigenvalue weighted by atomic mass is 9.85. The van der Waals surface area contributed by atoms with E-state index in [9.17, 15) is 23.9 Å². The Balaban J connectivity index is 1.39. The highest BCUT2D eigenvalue weighted by Gasteiger charge is 2.48. The number of ether oxygens (including phenoxy) is 1. The highest BCUT2D eigenvalue weighted by Crippen LogP contribution is 2.45. The zero-order chi connectivity index (χ0) is 31.0. The van der Waals surface area contributed by atoms with E-state index in [-0.39, 0.29) is 28.7 Å². The van der Waals surface area contributed by atoms with E-state index in [2.05, 4.69) is 15.6 Å². The van der Waals surface area contributed by atoms with E-state index in [1.54, 1.807) is 23.2 Å². The van der Waals surface area contributed by atoms with Crippen LogP contribution in [0, 0.1) is 11.6 Å². The molecule has 0 aliphatic carbocycles. The molecule has 6 rings (SSSR count). The number of aromatic nitrogens is 1. The number of hydrogen-bond donors (Lipinski definition) is 3. The first-order valence-corrected chi connectivity index (χ1v) is 15.1. The van der Waals surface area contributed by atoms with Crippen molar-refractivity contribution < 1.29 is 33.0 Å². The Morgan fingerprint density at radius 2 is 1.84 bits per heavy atom. The van der Waals surface area contributed by atoms with Crippen LogP contribution < -0.4 is 10.6 Å². The lowest BCUT2D eigenvalue weighted by Gasteiger charge is -2.41. The lowest BCUT2D eigenvalue weighted by molar-refractivity contribution is -0.138. The van der Waals surface area contributed by atoms with Gasteiger partial charge in [0.05, 0.1) is 34.4 Å². The molecule has 4 heterocycles. The van der Waals surface area contributed by atoms with Crippen molar-refractivity contribution >= 4 is 40.9 Å². The maximum Gasteiger partial charge on any atom is 0.412 e. The summed E-state index contributed by atoms with van der Waals surface area (Å²) >= 11 is 6.15. The van der Waals surface area contributed by atoms with Crippen molar-refractivity contribution in [2.45, 2.75) is 62.5 Å². The van der Waals surface area contributed by atoms with Crippen molar-refractivity contribution in [3.63, 3.8) is 0 Å². The van der Waals surface area contributed by atoms with E-state index in [1.807, 2.05) is 0 Å². The van der Waals surface area contributed by atoms with Gasteiger partial charge in [-0.05, 0) is 80.1 Å². The monoisotopic (exact) mass is 624 g/mol. The fourth-order valence-corrected chi connectivity index (χ4v) is 6.72. The molecule has 44 heavy (non-hydrogen) atoms. The second kappa shape index (κ2) is 12.0. The number of amides is 2. The molecule has 230 valence electrons. The number of rotatable bonds is 2. The highest BCUT2D eigenvalue weighted by molar-refractivity contribution is 6.31. The van der Waals surface area contributed by atoms with Crippen LogP contribution in [-0.2, 0) is 19.9 Å². The third-order valence-corrected chi connectivity index (χ3v) is 8.98. The van der Waals surface area contributed by atoms with E-state index in [0.717, 1.165) is 0 Å². The first-order chi connectivity index (χ1) is 21.1. The van der Waals surface area contributed by atoms with Gasteiger partial charge in [0.15, 0.2) is 11.4 Å². The van der Waals surface area contributed by atoms with Crippen LogP contribution in [0.4, 0.5) is 25.0 Å². The molecule has 0 radical (unpaired) electrons. The molecule has 2 amide bonds. The third-order valence-electron chi connectivity index (χ3n) is 8.68. The molecule has 3 aromatic rings. The van der Waals surface area contributed by atoms with Crippen LogP contribution in [0.15, 0.2) is 48.7 Å². The first-order valence-electron chi connectivity index (χ1n) is 14.7. The second-order valence-corrected chi connectivity index (χ2v) is 11.9. The number of likely N-dealkylation sites (tertiary alicyclic amines) is 1. The maximum absolute atomic E-state index is 15.5. The fraction of sp³-hybridized carbons (Fsp3) is 0.375. The summed E-state index contributed by atoms with van der Waals surface area (Å²) < 4.78 is 35.8. The quantitative estimate of drug-likeness (QED) is 0.291. The van der Waals surface area contributed by atoms with Crippen molar-refractivity contribution in [3.8, 4) is 11.1 Å². The number of anilines is 2. The first kappa shape index (κ1) is 29.8. The van der Waals surface area contributed by atoms with E-state index < -0.39 is 41.3 Å². The van der Waals surface area contributed by atoms with Crippen LogP contribution in [0.5, 0.6) is 0 Å². The Labute approximate surface area is 257 Å². The van der Waals surface area contributed by atoms with Crippen molar-refractivity contribution in [2.75, 3.05) is 23.7 Å². The smallest absolute Gasteiger partial charge is 0.412 e. The van der Waals surface area contributed by atoms with Crippen molar-refractivity contribution in [2.24, 2.45) is 0 Å². The number of nitrogens with zero attached hydrogens (tertiary/aromatic N) is 2. The number of benzene rings is 2. The molecule has 3 aliphatic heterocycles. The molecular formula is C32H31ClF2N4O5. The Morgan fingerprint density at radius 1 is 1.05 bits per heavy atom. The Morgan fingerprint density at radius 3 is 2.66 bits per heavy atom. The van der Waals surface area contributed by atoms with Gasteiger partial charge in [-0.15, -0.1) is 0 Å². The van der Waals surface area contributed by atoms with Gasteiger partial charge >= 0.3 is 12.1 Å². The van der Waals surface area contributed by atoms with E-state index in [4.69, 9.17) is 16.3 Å².